The summed E-state index contributed by atoms with van der Waals surface area (Å²) in [4.78, 5) is 16.7. The van der Waals surface area contributed by atoms with E-state index in [1.807, 2.05) is 29.5 Å². The lowest BCUT2D eigenvalue weighted by Gasteiger charge is -2.08. The van der Waals surface area contributed by atoms with Gasteiger partial charge in [0.15, 0.2) is 5.75 Å². The molecule has 7 heteroatoms. The summed E-state index contributed by atoms with van der Waals surface area (Å²) in [5.74, 6) is 0.576. The van der Waals surface area contributed by atoms with Crippen molar-refractivity contribution in [1.82, 2.24) is 19.7 Å². The summed E-state index contributed by atoms with van der Waals surface area (Å²) in [6.45, 7) is 1.82. The lowest BCUT2D eigenvalue weighted by atomic mass is 10.1. The van der Waals surface area contributed by atoms with Crippen LogP contribution in [0, 0.1) is 10.5 Å². The standard InChI is InChI=1S/C12H9IN4O2/c1-6-4-7(13)11(18)10-9(6)12(19)17(5-14-10)8-2-3-15-16-8/h2-5,18H,1H3,(H,15,16). The molecule has 0 bridgehead atoms. The van der Waals surface area contributed by atoms with Crippen molar-refractivity contribution in [2.24, 2.45) is 0 Å². The molecule has 0 fully saturated rings. The van der Waals surface area contributed by atoms with Gasteiger partial charge in [0.1, 0.15) is 17.7 Å². The number of phenols is 1. The van der Waals surface area contributed by atoms with E-state index in [4.69, 9.17) is 0 Å². The van der Waals surface area contributed by atoms with Crippen LogP contribution in [0.1, 0.15) is 5.56 Å². The molecule has 3 aromatic rings. The van der Waals surface area contributed by atoms with Gasteiger partial charge in [0.25, 0.3) is 5.56 Å². The molecule has 1 aromatic carbocycles. The Morgan fingerprint density at radius 3 is 2.95 bits per heavy atom. The minimum Gasteiger partial charge on any atom is -0.505 e. The molecule has 2 N–H and O–H groups in total. The molecule has 19 heavy (non-hydrogen) atoms. The largest absolute Gasteiger partial charge is 0.505 e. The molecular weight excluding hydrogens is 359 g/mol. The molecule has 3 rings (SSSR count). The average Bonchev–Trinajstić information content (AvgIpc) is 2.89. The third-order valence-corrected chi connectivity index (χ3v) is 3.73. The van der Waals surface area contributed by atoms with E-state index in [2.05, 4.69) is 15.2 Å². The van der Waals surface area contributed by atoms with E-state index in [9.17, 15) is 9.90 Å². The van der Waals surface area contributed by atoms with Crippen molar-refractivity contribution in [3.05, 3.63) is 44.1 Å². The number of rotatable bonds is 1. The Morgan fingerprint density at radius 2 is 2.26 bits per heavy atom. The molecule has 2 aromatic heterocycles. The third kappa shape index (κ3) is 1.81. The minimum atomic E-state index is -0.238. The van der Waals surface area contributed by atoms with Crippen LogP contribution in [0.5, 0.6) is 5.75 Å². The molecule has 0 radical (unpaired) electrons. The number of benzene rings is 1. The van der Waals surface area contributed by atoms with Gasteiger partial charge in [-0.05, 0) is 41.1 Å². The number of hydrogen-bond acceptors (Lipinski definition) is 4. The SMILES string of the molecule is Cc1cc(I)c(O)c2ncn(-c3ccn[nH]3)c(=O)c12. The van der Waals surface area contributed by atoms with E-state index in [-0.39, 0.29) is 11.3 Å². The maximum atomic E-state index is 12.5. The fraction of sp³-hybridized carbons (Fsp3) is 0.0833. The Kier molecular flexibility index (Phi) is 2.77. The summed E-state index contributed by atoms with van der Waals surface area (Å²) in [7, 11) is 0. The Morgan fingerprint density at radius 1 is 1.47 bits per heavy atom. The van der Waals surface area contributed by atoms with Crippen LogP contribution in [0.25, 0.3) is 16.7 Å². The van der Waals surface area contributed by atoms with Crippen molar-refractivity contribution in [2.45, 2.75) is 6.92 Å². The quantitative estimate of drug-likeness (QED) is 0.641. The maximum Gasteiger partial charge on any atom is 0.267 e. The Hall–Kier alpha value is -1.90. The van der Waals surface area contributed by atoms with Gasteiger partial charge in [-0.2, -0.15) is 5.10 Å². The van der Waals surface area contributed by atoms with Crippen molar-refractivity contribution in [2.75, 3.05) is 0 Å². The number of nitrogens with one attached hydrogen (secondary N) is 1. The van der Waals surface area contributed by atoms with Crippen LogP contribution in [0.2, 0.25) is 0 Å². The molecule has 96 valence electrons. The van der Waals surface area contributed by atoms with Crippen LogP contribution in [-0.2, 0) is 0 Å². The lowest BCUT2D eigenvalue weighted by molar-refractivity contribution is 0.476. The topological polar surface area (TPSA) is 83.8 Å². The number of aromatic hydroxyl groups is 1. The molecule has 2 heterocycles. The van der Waals surface area contributed by atoms with Gasteiger partial charge < -0.3 is 5.11 Å². The number of aryl methyl sites for hydroxylation is 1. The number of fused-ring (bicyclic) bond motifs is 1. The second-order valence-corrected chi connectivity index (χ2v) is 5.27. The highest BCUT2D eigenvalue weighted by atomic mass is 127. The van der Waals surface area contributed by atoms with E-state index in [0.717, 1.165) is 5.56 Å². The smallest absolute Gasteiger partial charge is 0.267 e. The molecule has 0 aliphatic carbocycles. The molecular formula is C12H9IN4O2. The predicted molar refractivity (Wildman–Crippen MR) is 78.6 cm³/mol. The first-order chi connectivity index (χ1) is 9.09. The number of H-pyrrole nitrogens is 1. The van der Waals surface area contributed by atoms with Crippen molar-refractivity contribution >= 4 is 33.5 Å². The highest BCUT2D eigenvalue weighted by Crippen LogP contribution is 2.29. The van der Waals surface area contributed by atoms with Gasteiger partial charge in [-0.25, -0.2) is 4.98 Å². The van der Waals surface area contributed by atoms with Crippen LogP contribution in [0.3, 0.4) is 0 Å². The van der Waals surface area contributed by atoms with E-state index in [1.165, 1.54) is 10.9 Å². The maximum absolute atomic E-state index is 12.5. The monoisotopic (exact) mass is 368 g/mol. The van der Waals surface area contributed by atoms with Crippen molar-refractivity contribution in [1.29, 1.82) is 0 Å². The fourth-order valence-corrected chi connectivity index (χ4v) is 2.71. The highest BCUT2D eigenvalue weighted by Gasteiger charge is 2.14. The summed E-state index contributed by atoms with van der Waals surface area (Å²) >= 11 is 2.01. The zero-order chi connectivity index (χ0) is 13.6. The number of aromatic amines is 1. The average molecular weight is 368 g/mol. The van der Waals surface area contributed by atoms with Gasteiger partial charge in [0.05, 0.1) is 15.2 Å². The number of phenolic OH excluding ortho intramolecular Hbond substituents is 1. The van der Waals surface area contributed by atoms with Crippen LogP contribution in [0.4, 0.5) is 0 Å². The van der Waals surface area contributed by atoms with Crippen LogP contribution in [0.15, 0.2) is 29.5 Å². The molecule has 0 saturated carbocycles. The van der Waals surface area contributed by atoms with Crippen LogP contribution >= 0.6 is 22.6 Å². The molecule has 0 atom stereocenters. The molecule has 0 aliphatic rings. The first-order valence-electron chi connectivity index (χ1n) is 5.49. The first kappa shape index (κ1) is 12.2. The Labute approximate surface area is 121 Å². The van der Waals surface area contributed by atoms with Crippen molar-refractivity contribution < 1.29 is 5.11 Å². The van der Waals surface area contributed by atoms with Crippen LogP contribution < -0.4 is 5.56 Å². The zero-order valence-electron chi connectivity index (χ0n) is 9.88. The summed E-state index contributed by atoms with van der Waals surface area (Å²) in [6.07, 6.45) is 2.94. The van der Waals surface area contributed by atoms with Gasteiger partial charge >= 0.3 is 0 Å². The Bertz CT molecular complexity index is 824. The molecule has 6 nitrogen and oxygen atoms in total. The van der Waals surface area contributed by atoms with Crippen molar-refractivity contribution in [3.63, 3.8) is 0 Å². The zero-order valence-corrected chi connectivity index (χ0v) is 12.0. The summed E-state index contributed by atoms with van der Waals surface area (Å²) in [5, 5.41) is 16.9. The summed E-state index contributed by atoms with van der Waals surface area (Å²) in [5.41, 5.74) is 0.868. The summed E-state index contributed by atoms with van der Waals surface area (Å²) < 4.78 is 2.04. The Balaban J connectivity index is 2.44. The van der Waals surface area contributed by atoms with Gasteiger partial charge in [-0.15, -0.1) is 0 Å². The van der Waals surface area contributed by atoms with Gasteiger partial charge in [-0.3, -0.25) is 14.5 Å². The third-order valence-electron chi connectivity index (χ3n) is 2.91. The highest BCUT2D eigenvalue weighted by molar-refractivity contribution is 14.1. The predicted octanol–water partition coefficient (Wildman–Crippen LogP) is 1.73. The second-order valence-electron chi connectivity index (χ2n) is 4.11. The fourth-order valence-electron chi connectivity index (χ4n) is 1.99. The van der Waals surface area contributed by atoms with Gasteiger partial charge in [-0.1, -0.05) is 0 Å². The number of aromatic nitrogens is 4. The van der Waals surface area contributed by atoms with E-state index >= 15 is 0 Å². The number of nitrogens with zero attached hydrogens (tertiary/aromatic N) is 3. The molecule has 0 saturated heterocycles. The first-order valence-corrected chi connectivity index (χ1v) is 6.56. The lowest BCUT2D eigenvalue weighted by Crippen LogP contribution is -2.20. The second kappa shape index (κ2) is 4.34. The van der Waals surface area contributed by atoms with Gasteiger partial charge in [0.2, 0.25) is 0 Å². The van der Waals surface area contributed by atoms with Gasteiger partial charge in [0, 0.05) is 6.07 Å². The number of halogens is 1. The van der Waals surface area contributed by atoms with E-state index < -0.39 is 0 Å². The molecule has 0 unspecified atom stereocenters. The molecule has 0 amide bonds. The molecule has 0 spiro atoms. The number of hydrogen-bond donors (Lipinski definition) is 2. The van der Waals surface area contributed by atoms with Crippen LogP contribution in [-0.4, -0.2) is 24.9 Å². The van der Waals surface area contributed by atoms with E-state index in [1.54, 1.807) is 18.3 Å². The van der Waals surface area contributed by atoms with Crippen molar-refractivity contribution in [3.8, 4) is 11.6 Å². The summed E-state index contributed by atoms with van der Waals surface area (Å²) in [6, 6.07) is 3.44. The normalized spacial score (nSPS) is 11.1. The molecule has 0 aliphatic heterocycles. The van der Waals surface area contributed by atoms with E-state index in [0.29, 0.717) is 20.3 Å². The minimum absolute atomic E-state index is 0.0371.